The van der Waals surface area contributed by atoms with Gasteiger partial charge in [0.2, 0.25) is 11.8 Å². The zero-order valence-corrected chi connectivity index (χ0v) is 16.9. The lowest BCUT2D eigenvalue weighted by Gasteiger charge is -2.19. The Bertz CT molecular complexity index is 871. The first-order valence-corrected chi connectivity index (χ1v) is 9.81. The minimum absolute atomic E-state index is 0.267. The highest BCUT2D eigenvalue weighted by molar-refractivity contribution is 6.07. The van der Waals surface area contributed by atoms with E-state index < -0.39 is 31.0 Å². The van der Waals surface area contributed by atoms with Gasteiger partial charge < -0.3 is 14.8 Å². The number of nitrogens with one attached hydrogen (secondary N) is 1. The summed E-state index contributed by atoms with van der Waals surface area (Å²) in [5.74, 6) is -3.33. The number of nitrogens with zero attached hydrogens (tertiary/aromatic N) is 1. The molecule has 0 radical (unpaired) electrons. The summed E-state index contributed by atoms with van der Waals surface area (Å²) in [6.07, 6.45) is 3.12. The highest BCUT2D eigenvalue weighted by atomic mass is 16.5. The molecule has 1 aliphatic carbocycles. The molecule has 1 heterocycles. The van der Waals surface area contributed by atoms with Crippen LogP contribution in [0.15, 0.2) is 18.2 Å². The fourth-order valence-electron chi connectivity index (χ4n) is 3.90. The number of likely N-dealkylation sites (tertiary alicyclic amines) is 1. The molecule has 1 aromatic carbocycles. The predicted octanol–water partition coefficient (Wildman–Crippen LogP) is 1.44. The Morgan fingerprint density at radius 2 is 1.73 bits per heavy atom. The molecule has 9 nitrogen and oxygen atoms in total. The molecule has 1 aliphatic heterocycles. The van der Waals surface area contributed by atoms with Crippen LogP contribution in [0.25, 0.3) is 0 Å². The summed E-state index contributed by atoms with van der Waals surface area (Å²) in [6.45, 7) is 0.672. The maximum Gasteiger partial charge on any atom is 0.337 e. The van der Waals surface area contributed by atoms with Crippen molar-refractivity contribution in [3.63, 3.8) is 0 Å². The number of benzene rings is 1. The monoisotopic (exact) mass is 416 g/mol. The van der Waals surface area contributed by atoms with Crippen LogP contribution in [-0.2, 0) is 28.7 Å². The van der Waals surface area contributed by atoms with Crippen LogP contribution in [0, 0.1) is 18.8 Å². The van der Waals surface area contributed by atoms with Crippen LogP contribution in [0.3, 0.4) is 0 Å². The second-order valence-corrected chi connectivity index (χ2v) is 7.49. The molecular formula is C21H24N2O7. The van der Waals surface area contributed by atoms with Crippen LogP contribution in [-0.4, -0.2) is 54.8 Å². The summed E-state index contributed by atoms with van der Waals surface area (Å²) < 4.78 is 9.59. The van der Waals surface area contributed by atoms with E-state index in [1.165, 1.54) is 13.2 Å². The molecule has 0 spiro atoms. The second kappa shape index (κ2) is 9.06. The van der Waals surface area contributed by atoms with Crippen molar-refractivity contribution < 1.29 is 33.4 Å². The number of hydrogen-bond donors (Lipinski definition) is 1. The van der Waals surface area contributed by atoms with Gasteiger partial charge in [-0.2, -0.15) is 0 Å². The Hall–Kier alpha value is -3.23. The minimum atomic E-state index is -0.828. The molecule has 160 valence electrons. The third kappa shape index (κ3) is 4.50. The largest absolute Gasteiger partial charge is 0.465 e. The Morgan fingerprint density at radius 3 is 2.33 bits per heavy atom. The van der Waals surface area contributed by atoms with E-state index in [2.05, 4.69) is 10.1 Å². The molecule has 9 heteroatoms. The number of carbonyl (C=O) groups is 5. The molecule has 3 rings (SSSR count). The SMILES string of the molecule is COC(=O)c1ccc(C)c(NC(=O)COC(=O)CN2C(=O)[C@H]3CCCC[C@@H]3C2=O)c1. The van der Waals surface area contributed by atoms with E-state index in [1.807, 2.05) is 0 Å². The van der Waals surface area contributed by atoms with E-state index >= 15 is 0 Å². The molecule has 0 bridgehead atoms. The molecular weight excluding hydrogens is 392 g/mol. The summed E-state index contributed by atoms with van der Waals surface area (Å²) in [4.78, 5) is 61.6. The molecule has 2 atom stereocenters. The first-order valence-electron chi connectivity index (χ1n) is 9.81. The number of imide groups is 1. The molecule has 0 aromatic heterocycles. The summed E-state index contributed by atoms with van der Waals surface area (Å²) in [7, 11) is 1.25. The minimum Gasteiger partial charge on any atom is -0.465 e. The highest BCUT2D eigenvalue weighted by Gasteiger charge is 2.48. The van der Waals surface area contributed by atoms with E-state index in [4.69, 9.17) is 4.74 Å². The third-order valence-corrected chi connectivity index (χ3v) is 5.52. The number of rotatable bonds is 6. The van der Waals surface area contributed by atoms with Crippen molar-refractivity contribution in [2.24, 2.45) is 11.8 Å². The molecule has 1 saturated heterocycles. The van der Waals surface area contributed by atoms with Crippen LogP contribution >= 0.6 is 0 Å². The normalized spacial score (nSPS) is 20.5. The average molecular weight is 416 g/mol. The van der Waals surface area contributed by atoms with Gasteiger partial charge in [-0.1, -0.05) is 18.9 Å². The van der Waals surface area contributed by atoms with Crippen molar-refractivity contribution >= 4 is 35.3 Å². The van der Waals surface area contributed by atoms with E-state index in [9.17, 15) is 24.0 Å². The maximum absolute atomic E-state index is 12.4. The fraction of sp³-hybridized carbons (Fsp3) is 0.476. The van der Waals surface area contributed by atoms with E-state index in [1.54, 1.807) is 19.1 Å². The van der Waals surface area contributed by atoms with Crippen molar-refractivity contribution in [2.45, 2.75) is 32.6 Å². The highest BCUT2D eigenvalue weighted by Crippen LogP contribution is 2.37. The van der Waals surface area contributed by atoms with Gasteiger partial charge in [0.05, 0.1) is 24.5 Å². The molecule has 3 amide bonds. The van der Waals surface area contributed by atoms with Crippen LogP contribution in [0.5, 0.6) is 0 Å². The maximum atomic E-state index is 12.4. The number of carbonyl (C=O) groups excluding carboxylic acids is 5. The molecule has 1 saturated carbocycles. The van der Waals surface area contributed by atoms with E-state index in [-0.39, 0.29) is 29.2 Å². The Labute approximate surface area is 173 Å². The van der Waals surface area contributed by atoms with Gasteiger partial charge in [0.25, 0.3) is 5.91 Å². The van der Waals surface area contributed by atoms with Crippen molar-refractivity contribution in [2.75, 3.05) is 25.6 Å². The van der Waals surface area contributed by atoms with Gasteiger partial charge in [-0.15, -0.1) is 0 Å². The lowest BCUT2D eigenvalue weighted by Crippen LogP contribution is -2.37. The number of anilines is 1. The summed E-state index contributed by atoms with van der Waals surface area (Å²) in [5.41, 5.74) is 1.36. The number of amides is 3. The van der Waals surface area contributed by atoms with Gasteiger partial charge >= 0.3 is 11.9 Å². The lowest BCUT2D eigenvalue weighted by molar-refractivity contribution is -0.154. The third-order valence-electron chi connectivity index (χ3n) is 5.52. The standard InChI is InChI=1S/C21H24N2O7/c1-12-7-8-13(21(28)29-2)9-16(12)22-17(24)11-30-18(25)10-23-19(26)14-5-3-4-6-15(14)20(23)27/h7-9,14-15H,3-6,10-11H2,1-2H3,(H,22,24)/t14-,15-/m0/s1. The molecule has 2 fully saturated rings. The van der Waals surface area contributed by atoms with Gasteiger partial charge in [0.15, 0.2) is 6.61 Å². The summed E-state index contributed by atoms with van der Waals surface area (Å²) in [6, 6.07) is 4.68. The van der Waals surface area contributed by atoms with Crippen molar-refractivity contribution in [3.8, 4) is 0 Å². The zero-order chi connectivity index (χ0) is 21.8. The second-order valence-electron chi connectivity index (χ2n) is 7.49. The summed E-state index contributed by atoms with van der Waals surface area (Å²) in [5, 5.41) is 2.57. The topological polar surface area (TPSA) is 119 Å². The van der Waals surface area contributed by atoms with Gasteiger partial charge in [0.1, 0.15) is 6.54 Å². The Morgan fingerprint density at radius 1 is 1.10 bits per heavy atom. The number of fused-ring (bicyclic) bond motifs is 1. The number of methoxy groups -OCH3 is 1. The van der Waals surface area contributed by atoms with Crippen LogP contribution in [0.1, 0.15) is 41.6 Å². The van der Waals surface area contributed by atoms with Crippen LogP contribution < -0.4 is 5.32 Å². The Balaban J connectivity index is 1.53. The predicted molar refractivity (Wildman–Crippen MR) is 104 cm³/mol. The fourth-order valence-corrected chi connectivity index (χ4v) is 3.90. The number of esters is 2. The zero-order valence-electron chi connectivity index (χ0n) is 16.9. The number of hydrogen-bond acceptors (Lipinski definition) is 7. The number of ether oxygens (including phenoxy) is 2. The molecule has 1 aromatic rings. The van der Waals surface area contributed by atoms with Gasteiger partial charge in [0, 0.05) is 5.69 Å². The first kappa shape index (κ1) is 21.5. The Kier molecular flexibility index (Phi) is 6.49. The molecule has 30 heavy (non-hydrogen) atoms. The van der Waals surface area contributed by atoms with Crippen molar-refractivity contribution in [1.29, 1.82) is 0 Å². The van der Waals surface area contributed by atoms with Crippen LogP contribution in [0.4, 0.5) is 5.69 Å². The smallest absolute Gasteiger partial charge is 0.337 e. The lowest BCUT2D eigenvalue weighted by atomic mass is 9.81. The summed E-state index contributed by atoms with van der Waals surface area (Å²) >= 11 is 0. The van der Waals surface area contributed by atoms with Crippen LogP contribution in [0.2, 0.25) is 0 Å². The van der Waals surface area contributed by atoms with Crippen molar-refractivity contribution in [1.82, 2.24) is 4.90 Å². The molecule has 0 unspecified atom stereocenters. The average Bonchev–Trinajstić information content (AvgIpc) is 2.98. The molecule has 1 N–H and O–H groups in total. The van der Waals surface area contributed by atoms with Gasteiger partial charge in [-0.25, -0.2) is 4.79 Å². The molecule has 2 aliphatic rings. The first-order chi connectivity index (χ1) is 14.3. The van der Waals surface area contributed by atoms with Gasteiger partial charge in [-0.3, -0.25) is 24.1 Å². The number of aryl methyl sites for hydroxylation is 1. The van der Waals surface area contributed by atoms with E-state index in [0.29, 0.717) is 24.1 Å². The van der Waals surface area contributed by atoms with Gasteiger partial charge in [-0.05, 0) is 37.5 Å². The van der Waals surface area contributed by atoms with Crippen molar-refractivity contribution in [3.05, 3.63) is 29.3 Å². The van der Waals surface area contributed by atoms with E-state index in [0.717, 1.165) is 17.7 Å². The quantitative estimate of drug-likeness (QED) is 0.550.